The molecule has 0 bridgehead atoms. The average Bonchev–Trinajstić information content (AvgIpc) is 2.73. The van der Waals surface area contributed by atoms with E-state index in [9.17, 15) is 4.79 Å². The van der Waals surface area contributed by atoms with E-state index in [4.69, 9.17) is 4.74 Å². The van der Waals surface area contributed by atoms with Gasteiger partial charge in [-0.2, -0.15) is 0 Å². The topological polar surface area (TPSA) is 58.6 Å². The number of fused-ring (bicyclic) bond motifs is 1. The van der Waals surface area contributed by atoms with Crippen molar-refractivity contribution < 1.29 is 9.53 Å². The van der Waals surface area contributed by atoms with E-state index >= 15 is 0 Å². The number of carbonyl (C=O) groups excluding carboxylic acids is 1. The van der Waals surface area contributed by atoms with Crippen molar-refractivity contribution in [1.82, 2.24) is 14.9 Å². The first-order chi connectivity index (χ1) is 13.6. The number of hydrogen-bond donors (Lipinski definition) is 0. The van der Waals surface area contributed by atoms with Gasteiger partial charge in [-0.05, 0) is 51.3 Å². The Balaban J connectivity index is 1.46. The molecule has 1 saturated heterocycles. The third-order valence-corrected chi connectivity index (χ3v) is 5.50. The molecule has 2 heterocycles. The van der Waals surface area contributed by atoms with Crippen LogP contribution in [0.25, 0.3) is 10.9 Å². The average molecular weight is 380 g/mol. The molecule has 148 valence electrons. The molecule has 6 heteroatoms. The maximum absolute atomic E-state index is 12.8. The van der Waals surface area contributed by atoms with Crippen molar-refractivity contribution in [2.45, 2.75) is 39.2 Å². The first-order valence-corrected chi connectivity index (χ1v) is 10.2. The number of carbonyl (C=O) groups is 1. The molecule has 0 radical (unpaired) electrons. The zero-order valence-corrected chi connectivity index (χ0v) is 16.7. The molecular formula is C22H28N4O2. The van der Waals surface area contributed by atoms with Crippen molar-refractivity contribution in [2.24, 2.45) is 5.92 Å². The van der Waals surface area contributed by atoms with Crippen molar-refractivity contribution in [3.05, 3.63) is 36.7 Å². The van der Waals surface area contributed by atoms with Crippen LogP contribution in [0.4, 0.5) is 5.69 Å². The van der Waals surface area contributed by atoms with E-state index in [1.54, 1.807) is 6.33 Å². The largest absolute Gasteiger partial charge is 0.474 e. The third kappa shape index (κ3) is 3.96. The number of amides is 1. The molecule has 1 aliphatic heterocycles. The summed E-state index contributed by atoms with van der Waals surface area (Å²) in [6.45, 7) is 7.23. The number of allylic oxidation sites excluding steroid dienone is 2. The number of benzene rings is 1. The summed E-state index contributed by atoms with van der Waals surface area (Å²) < 4.78 is 5.86. The Morgan fingerprint density at radius 3 is 2.68 bits per heavy atom. The molecule has 0 N–H and O–H groups in total. The highest BCUT2D eigenvalue weighted by atomic mass is 16.5. The number of rotatable bonds is 4. The summed E-state index contributed by atoms with van der Waals surface area (Å²) in [6, 6.07) is 6.22. The van der Waals surface area contributed by atoms with Crippen LogP contribution in [0.1, 0.15) is 33.1 Å². The summed E-state index contributed by atoms with van der Waals surface area (Å²) >= 11 is 0. The van der Waals surface area contributed by atoms with Crippen molar-refractivity contribution >= 4 is 22.5 Å². The van der Waals surface area contributed by atoms with Gasteiger partial charge in [-0.3, -0.25) is 4.79 Å². The summed E-state index contributed by atoms with van der Waals surface area (Å²) in [5.74, 6) is 1.12. The second kappa shape index (κ2) is 8.17. The van der Waals surface area contributed by atoms with E-state index in [0.717, 1.165) is 62.0 Å². The van der Waals surface area contributed by atoms with Gasteiger partial charge in [0.2, 0.25) is 11.8 Å². The normalized spacial score (nSPS) is 20.0. The Bertz CT molecular complexity index is 872. The predicted molar refractivity (Wildman–Crippen MR) is 111 cm³/mol. The molecule has 4 rings (SSSR count). The molecule has 2 aromatic rings. The SMILES string of the molecule is CC(C)Oc1ncnc2ccc(N3CCN(C(=O)C4CC=CCC4)CC3)cc12. The quantitative estimate of drug-likeness (QED) is 0.761. The molecule has 0 spiro atoms. The predicted octanol–water partition coefficient (Wildman–Crippen LogP) is 3.42. The van der Waals surface area contributed by atoms with Gasteiger partial charge >= 0.3 is 0 Å². The summed E-state index contributed by atoms with van der Waals surface area (Å²) in [5, 5.41) is 0.932. The monoisotopic (exact) mass is 380 g/mol. The Morgan fingerprint density at radius 2 is 1.96 bits per heavy atom. The minimum atomic E-state index is 0.0611. The molecular weight excluding hydrogens is 352 g/mol. The Labute approximate surface area is 166 Å². The van der Waals surface area contributed by atoms with Gasteiger partial charge in [-0.25, -0.2) is 9.97 Å². The maximum atomic E-state index is 12.8. The molecule has 1 amide bonds. The van der Waals surface area contributed by atoms with Crippen molar-refractivity contribution in [1.29, 1.82) is 0 Å². The summed E-state index contributed by atoms with van der Waals surface area (Å²) in [5.41, 5.74) is 2.01. The number of aromatic nitrogens is 2. The standard InChI is InChI=1S/C22H28N4O2/c1-16(2)28-21-19-14-18(8-9-20(19)23-15-24-21)25-10-12-26(13-11-25)22(27)17-6-4-3-5-7-17/h3-4,8-9,14-17H,5-7,10-13H2,1-2H3. The van der Waals surface area contributed by atoms with E-state index in [-0.39, 0.29) is 12.0 Å². The fourth-order valence-electron chi connectivity index (χ4n) is 4.00. The molecule has 6 nitrogen and oxygen atoms in total. The van der Waals surface area contributed by atoms with Crippen LogP contribution in [-0.2, 0) is 4.79 Å². The summed E-state index contributed by atoms with van der Waals surface area (Å²) in [6.07, 6.45) is 8.84. The molecule has 2 aliphatic rings. The summed E-state index contributed by atoms with van der Waals surface area (Å²) in [4.78, 5) is 25.8. The highest BCUT2D eigenvalue weighted by Crippen LogP contribution is 2.28. The fourth-order valence-corrected chi connectivity index (χ4v) is 4.00. The molecule has 1 aromatic carbocycles. The van der Waals surface area contributed by atoms with Gasteiger partial charge in [0, 0.05) is 37.8 Å². The number of hydrogen-bond acceptors (Lipinski definition) is 5. The lowest BCUT2D eigenvalue weighted by Crippen LogP contribution is -2.50. The van der Waals surface area contributed by atoms with E-state index < -0.39 is 0 Å². The van der Waals surface area contributed by atoms with Crippen LogP contribution < -0.4 is 9.64 Å². The molecule has 1 aliphatic carbocycles. The summed E-state index contributed by atoms with van der Waals surface area (Å²) in [7, 11) is 0. The zero-order chi connectivity index (χ0) is 19.5. The van der Waals surface area contributed by atoms with Gasteiger partial charge in [0.15, 0.2) is 0 Å². The van der Waals surface area contributed by atoms with Gasteiger partial charge < -0.3 is 14.5 Å². The van der Waals surface area contributed by atoms with Crippen LogP contribution in [0.5, 0.6) is 5.88 Å². The minimum Gasteiger partial charge on any atom is -0.474 e. The van der Waals surface area contributed by atoms with E-state index in [1.165, 1.54) is 0 Å². The molecule has 28 heavy (non-hydrogen) atoms. The Hall–Kier alpha value is -2.63. The fraction of sp³-hybridized carbons (Fsp3) is 0.500. The first-order valence-electron chi connectivity index (χ1n) is 10.2. The van der Waals surface area contributed by atoms with Gasteiger partial charge in [0.1, 0.15) is 6.33 Å². The second-order valence-corrected chi connectivity index (χ2v) is 7.84. The van der Waals surface area contributed by atoms with Crippen molar-refractivity contribution in [2.75, 3.05) is 31.1 Å². The van der Waals surface area contributed by atoms with Crippen LogP contribution in [-0.4, -0.2) is 53.1 Å². The molecule has 1 atom stereocenters. The van der Waals surface area contributed by atoms with Gasteiger partial charge in [-0.15, -0.1) is 0 Å². The highest BCUT2D eigenvalue weighted by Gasteiger charge is 2.27. The number of anilines is 1. The Kier molecular flexibility index (Phi) is 5.46. The van der Waals surface area contributed by atoms with Crippen molar-refractivity contribution in [3.8, 4) is 5.88 Å². The van der Waals surface area contributed by atoms with Gasteiger partial charge in [0.25, 0.3) is 0 Å². The zero-order valence-electron chi connectivity index (χ0n) is 16.7. The minimum absolute atomic E-state index is 0.0611. The molecule has 1 aromatic heterocycles. The molecule has 1 fully saturated rings. The second-order valence-electron chi connectivity index (χ2n) is 7.84. The smallest absolute Gasteiger partial charge is 0.226 e. The first kappa shape index (κ1) is 18.7. The van der Waals surface area contributed by atoms with Crippen LogP contribution >= 0.6 is 0 Å². The van der Waals surface area contributed by atoms with Crippen LogP contribution in [0.2, 0.25) is 0 Å². The lowest BCUT2D eigenvalue weighted by Gasteiger charge is -2.38. The van der Waals surface area contributed by atoms with Crippen molar-refractivity contribution in [3.63, 3.8) is 0 Å². The van der Waals surface area contributed by atoms with E-state index in [1.807, 2.05) is 24.8 Å². The third-order valence-electron chi connectivity index (χ3n) is 5.50. The van der Waals surface area contributed by atoms with Crippen LogP contribution in [0.3, 0.4) is 0 Å². The van der Waals surface area contributed by atoms with E-state index in [2.05, 4.69) is 39.2 Å². The highest BCUT2D eigenvalue weighted by molar-refractivity contribution is 5.87. The molecule has 0 saturated carbocycles. The number of nitrogens with zero attached hydrogens (tertiary/aromatic N) is 4. The lowest BCUT2D eigenvalue weighted by molar-refractivity contribution is -0.136. The lowest BCUT2D eigenvalue weighted by atomic mass is 9.93. The number of piperazine rings is 1. The Morgan fingerprint density at radius 1 is 1.14 bits per heavy atom. The number of ether oxygens (including phenoxy) is 1. The van der Waals surface area contributed by atoms with Gasteiger partial charge in [-0.1, -0.05) is 12.2 Å². The van der Waals surface area contributed by atoms with Crippen LogP contribution in [0.15, 0.2) is 36.7 Å². The van der Waals surface area contributed by atoms with Crippen LogP contribution in [0, 0.1) is 5.92 Å². The maximum Gasteiger partial charge on any atom is 0.226 e. The van der Waals surface area contributed by atoms with Gasteiger partial charge in [0.05, 0.1) is 17.0 Å². The van der Waals surface area contributed by atoms with E-state index in [0.29, 0.717) is 11.8 Å². The molecule has 1 unspecified atom stereocenters.